The molecule has 0 aromatic heterocycles. The van der Waals surface area contributed by atoms with Crippen molar-refractivity contribution in [2.45, 2.75) is 19.8 Å². The molecule has 2 nitrogen and oxygen atoms in total. The van der Waals surface area contributed by atoms with Gasteiger partial charge in [0.2, 0.25) is 0 Å². The second-order valence-electron chi connectivity index (χ2n) is 5.10. The van der Waals surface area contributed by atoms with Gasteiger partial charge in [-0.3, -0.25) is 4.79 Å². The normalized spacial score (nSPS) is 12.1. The van der Waals surface area contributed by atoms with Crippen LogP contribution in [0.15, 0.2) is 42.5 Å². The van der Waals surface area contributed by atoms with E-state index in [1.165, 1.54) is 12.1 Å². The standard InChI is InChI=1S/C17H16F2O2/c1-11(17(20)21)2-3-12-4-6-13(7-5-12)15-9-8-14(18)10-16(15)19/h4-11H,2-3H2,1H3,(H,20,21)/t11-/m1/s1. The van der Waals surface area contributed by atoms with E-state index in [1.807, 2.05) is 12.1 Å². The average molecular weight is 290 g/mol. The summed E-state index contributed by atoms with van der Waals surface area (Å²) in [6.07, 6.45) is 1.21. The van der Waals surface area contributed by atoms with Gasteiger partial charge in [0.15, 0.2) is 0 Å². The number of halogens is 2. The highest BCUT2D eigenvalue weighted by molar-refractivity contribution is 5.69. The number of carboxylic acids is 1. The van der Waals surface area contributed by atoms with Crippen LogP contribution in [-0.2, 0) is 11.2 Å². The van der Waals surface area contributed by atoms with Crippen LogP contribution in [0, 0.1) is 17.6 Å². The predicted molar refractivity (Wildman–Crippen MR) is 76.9 cm³/mol. The number of benzene rings is 2. The molecule has 0 aliphatic rings. The van der Waals surface area contributed by atoms with Crippen LogP contribution >= 0.6 is 0 Å². The van der Waals surface area contributed by atoms with E-state index >= 15 is 0 Å². The minimum Gasteiger partial charge on any atom is -0.481 e. The smallest absolute Gasteiger partial charge is 0.306 e. The molecular formula is C17H16F2O2. The SMILES string of the molecule is C[C@H](CCc1ccc(-c2ccc(F)cc2F)cc1)C(=O)O. The summed E-state index contributed by atoms with van der Waals surface area (Å²) in [5.41, 5.74) is 2.01. The molecule has 0 aliphatic heterocycles. The van der Waals surface area contributed by atoms with E-state index in [2.05, 4.69) is 0 Å². The number of hydrogen-bond donors (Lipinski definition) is 1. The molecule has 0 fully saturated rings. The number of rotatable bonds is 5. The van der Waals surface area contributed by atoms with Crippen LogP contribution in [0.3, 0.4) is 0 Å². The first kappa shape index (κ1) is 15.2. The minimum absolute atomic E-state index is 0.349. The summed E-state index contributed by atoms with van der Waals surface area (Å²) in [4.78, 5) is 10.8. The fourth-order valence-electron chi connectivity index (χ4n) is 2.08. The van der Waals surface area contributed by atoms with Gasteiger partial charge in [0, 0.05) is 11.6 Å². The Balaban J connectivity index is 2.10. The van der Waals surface area contributed by atoms with E-state index < -0.39 is 17.6 Å². The molecule has 1 atom stereocenters. The van der Waals surface area contributed by atoms with Gasteiger partial charge in [-0.25, -0.2) is 8.78 Å². The van der Waals surface area contributed by atoms with Gasteiger partial charge in [-0.15, -0.1) is 0 Å². The maximum Gasteiger partial charge on any atom is 0.306 e. The van der Waals surface area contributed by atoms with Crippen molar-refractivity contribution in [1.29, 1.82) is 0 Å². The maximum atomic E-state index is 13.7. The fourth-order valence-corrected chi connectivity index (χ4v) is 2.08. The molecule has 0 heterocycles. The van der Waals surface area contributed by atoms with Crippen molar-refractivity contribution in [1.82, 2.24) is 0 Å². The van der Waals surface area contributed by atoms with Crippen molar-refractivity contribution in [2.24, 2.45) is 5.92 Å². The van der Waals surface area contributed by atoms with Crippen molar-refractivity contribution < 1.29 is 18.7 Å². The van der Waals surface area contributed by atoms with Crippen LogP contribution < -0.4 is 0 Å². The van der Waals surface area contributed by atoms with Crippen LogP contribution in [0.1, 0.15) is 18.9 Å². The monoisotopic (exact) mass is 290 g/mol. The molecule has 0 spiro atoms. The Bertz CT molecular complexity index is 636. The highest BCUT2D eigenvalue weighted by Crippen LogP contribution is 2.24. The second kappa shape index (κ2) is 6.48. The van der Waals surface area contributed by atoms with Gasteiger partial charge in [-0.05, 0) is 36.1 Å². The summed E-state index contributed by atoms with van der Waals surface area (Å²) >= 11 is 0. The predicted octanol–water partition coefficient (Wildman–Crippen LogP) is 4.29. The molecule has 0 radical (unpaired) electrons. The molecule has 2 aromatic carbocycles. The average Bonchev–Trinajstić information content (AvgIpc) is 2.45. The van der Waals surface area contributed by atoms with Crippen molar-refractivity contribution in [3.8, 4) is 11.1 Å². The van der Waals surface area contributed by atoms with Gasteiger partial charge in [-0.1, -0.05) is 31.2 Å². The van der Waals surface area contributed by atoms with Crippen LogP contribution in [0.2, 0.25) is 0 Å². The van der Waals surface area contributed by atoms with E-state index in [1.54, 1.807) is 19.1 Å². The van der Waals surface area contributed by atoms with E-state index in [4.69, 9.17) is 5.11 Å². The van der Waals surface area contributed by atoms with E-state index in [-0.39, 0.29) is 5.92 Å². The lowest BCUT2D eigenvalue weighted by Gasteiger charge is -2.08. The molecule has 2 aromatic rings. The van der Waals surface area contributed by atoms with Crippen LogP contribution in [-0.4, -0.2) is 11.1 Å². The molecular weight excluding hydrogens is 274 g/mol. The summed E-state index contributed by atoms with van der Waals surface area (Å²) in [7, 11) is 0. The largest absolute Gasteiger partial charge is 0.481 e. The first-order chi connectivity index (χ1) is 9.97. The first-order valence-electron chi connectivity index (χ1n) is 6.74. The summed E-state index contributed by atoms with van der Waals surface area (Å²) in [5, 5.41) is 8.83. The van der Waals surface area contributed by atoms with E-state index in [9.17, 15) is 13.6 Å². The third-order valence-corrected chi connectivity index (χ3v) is 3.48. The number of carbonyl (C=O) groups is 1. The van der Waals surface area contributed by atoms with Crippen molar-refractivity contribution in [2.75, 3.05) is 0 Å². The lowest BCUT2D eigenvalue weighted by molar-refractivity contribution is -0.141. The lowest BCUT2D eigenvalue weighted by Crippen LogP contribution is -2.10. The molecule has 0 bridgehead atoms. The Kier molecular flexibility index (Phi) is 4.68. The third kappa shape index (κ3) is 3.88. The molecule has 0 saturated heterocycles. The quantitative estimate of drug-likeness (QED) is 0.892. The van der Waals surface area contributed by atoms with Gasteiger partial charge < -0.3 is 5.11 Å². The Morgan fingerprint density at radius 1 is 1.14 bits per heavy atom. The Hall–Kier alpha value is -2.23. The van der Waals surface area contributed by atoms with Crippen LogP contribution in [0.5, 0.6) is 0 Å². The molecule has 0 saturated carbocycles. The third-order valence-electron chi connectivity index (χ3n) is 3.48. The zero-order chi connectivity index (χ0) is 15.4. The van der Waals surface area contributed by atoms with Gasteiger partial charge >= 0.3 is 5.97 Å². The molecule has 0 aliphatic carbocycles. The summed E-state index contributed by atoms with van der Waals surface area (Å²) in [6, 6.07) is 10.7. The summed E-state index contributed by atoms with van der Waals surface area (Å²) < 4.78 is 26.6. The topological polar surface area (TPSA) is 37.3 Å². The van der Waals surface area contributed by atoms with Gasteiger partial charge in [0.1, 0.15) is 11.6 Å². The van der Waals surface area contributed by atoms with E-state index in [0.29, 0.717) is 24.0 Å². The van der Waals surface area contributed by atoms with Crippen molar-refractivity contribution in [3.05, 3.63) is 59.7 Å². The second-order valence-corrected chi connectivity index (χ2v) is 5.10. The molecule has 4 heteroatoms. The van der Waals surface area contributed by atoms with Crippen molar-refractivity contribution in [3.63, 3.8) is 0 Å². The van der Waals surface area contributed by atoms with Crippen LogP contribution in [0.25, 0.3) is 11.1 Å². The van der Waals surface area contributed by atoms with Crippen molar-refractivity contribution >= 4 is 5.97 Å². The number of aryl methyl sites for hydroxylation is 1. The zero-order valence-electron chi connectivity index (χ0n) is 11.6. The molecule has 1 N–H and O–H groups in total. The fraction of sp³-hybridized carbons (Fsp3) is 0.235. The number of hydrogen-bond acceptors (Lipinski definition) is 1. The number of aliphatic carboxylic acids is 1. The Morgan fingerprint density at radius 3 is 2.38 bits per heavy atom. The molecule has 21 heavy (non-hydrogen) atoms. The van der Waals surface area contributed by atoms with Gasteiger partial charge in [0.05, 0.1) is 5.92 Å². The highest BCUT2D eigenvalue weighted by atomic mass is 19.1. The Labute approximate surface area is 122 Å². The van der Waals surface area contributed by atoms with Gasteiger partial charge in [-0.2, -0.15) is 0 Å². The molecule has 0 unspecified atom stereocenters. The van der Waals surface area contributed by atoms with Gasteiger partial charge in [0.25, 0.3) is 0 Å². The van der Waals surface area contributed by atoms with E-state index in [0.717, 1.165) is 11.6 Å². The first-order valence-corrected chi connectivity index (χ1v) is 6.74. The highest BCUT2D eigenvalue weighted by Gasteiger charge is 2.11. The summed E-state index contributed by atoms with van der Waals surface area (Å²) in [5.74, 6) is -2.39. The Morgan fingerprint density at radius 2 is 1.81 bits per heavy atom. The summed E-state index contributed by atoms with van der Waals surface area (Å²) in [6.45, 7) is 1.67. The zero-order valence-corrected chi connectivity index (χ0v) is 11.6. The lowest BCUT2D eigenvalue weighted by atomic mass is 9.98. The minimum atomic E-state index is -0.806. The molecule has 0 amide bonds. The maximum absolute atomic E-state index is 13.7. The number of carboxylic acid groups (broad SMARTS) is 1. The molecule has 2 rings (SSSR count). The molecule has 110 valence electrons. The van der Waals surface area contributed by atoms with Crippen LogP contribution in [0.4, 0.5) is 8.78 Å².